The Morgan fingerprint density at radius 1 is 1.26 bits per heavy atom. The number of ether oxygens (including phenoxy) is 1. The third kappa shape index (κ3) is 4.58. The second kappa shape index (κ2) is 6.73. The van der Waals surface area contributed by atoms with Gasteiger partial charge in [0.25, 0.3) is 5.91 Å². The highest BCUT2D eigenvalue weighted by atomic mass is 16.5. The van der Waals surface area contributed by atoms with E-state index in [2.05, 4.69) is 5.32 Å². The molecule has 4 heteroatoms. The molecule has 4 nitrogen and oxygen atoms in total. The minimum absolute atomic E-state index is 0.235. The van der Waals surface area contributed by atoms with Crippen molar-refractivity contribution in [3.63, 3.8) is 0 Å². The number of hydrogen-bond donors (Lipinski definition) is 1. The Morgan fingerprint density at radius 3 is 2.53 bits per heavy atom. The van der Waals surface area contributed by atoms with Crippen molar-refractivity contribution < 1.29 is 14.3 Å². The number of carbonyl (C=O) groups excluding carboxylic acids is 2. The number of amides is 1. The van der Waals surface area contributed by atoms with Gasteiger partial charge in [-0.25, -0.2) is 4.79 Å². The van der Waals surface area contributed by atoms with Gasteiger partial charge in [-0.3, -0.25) is 4.79 Å². The van der Waals surface area contributed by atoms with Gasteiger partial charge < -0.3 is 10.1 Å². The van der Waals surface area contributed by atoms with Crippen LogP contribution in [0.3, 0.4) is 0 Å². The summed E-state index contributed by atoms with van der Waals surface area (Å²) in [6.45, 7) is 7.63. The highest BCUT2D eigenvalue weighted by Crippen LogP contribution is 2.10. The van der Waals surface area contributed by atoms with Crippen LogP contribution in [0.4, 0.5) is 0 Å². The van der Waals surface area contributed by atoms with Crippen LogP contribution in [0.2, 0.25) is 0 Å². The lowest BCUT2D eigenvalue weighted by Gasteiger charge is -2.07. The molecule has 19 heavy (non-hydrogen) atoms. The van der Waals surface area contributed by atoms with Crippen LogP contribution in [-0.2, 0) is 9.53 Å². The van der Waals surface area contributed by atoms with E-state index in [9.17, 15) is 9.59 Å². The first-order valence-electron chi connectivity index (χ1n) is 6.17. The van der Waals surface area contributed by atoms with Gasteiger partial charge in [-0.05, 0) is 51.0 Å². The van der Waals surface area contributed by atoms with Gasteiger partial charge in [0.2, 0.25) is 0 Å². The normalized spacial score (nSPS) is 11.1. The molecule has 1 rings (SSSR count). The van der Waals surface area contributed by atoms with Crippen molar-refractivity contribution in [1.29, 1.82) is 0 Å². The van der Waals surface area contributed by atoms with Crippen LogP contribution in [0.25, 0.3) is 0 Å². The molecular weight excluding hydrogens is 242 g/mol. The van der Waals surface area contributed by atoms with Crippen LogP contribution in [0.15, 0.2) is 30.0 Å². The maximum absolute atomic E-state index is 12.0. The van der Waals surface area contributed by atoms with Gasteiger partial charge >= 0.3 is 5.97 Å². The highest BCUT2D eigenvalue weighted by Gasteiger charge is 2.07. The fraction of sp³-hybridized carbons (Fsp3) is 0.333. The third-order valence-electron chi connectivity index (χ3n) is 2.70. The summed E-state index contributed by atoms with van der Waals surface area (Å²) < 4.78 is 4.77. The van der Waals surface area contributed by atoms with Gasteiger partial charge in [0.05, 0.1) is 6.61 Å². The molecule has 0 heterocycles. The number of allylic oxidation sites excluding steroid dienone is 1. The maximum atomic E-state index is 12.0. The van der Waals surface area contributed by atoms with E-state index in [1.165, 1.54) is 6.08 Å². The van der Waals surface area contributed by atoms with E-state index in [0.717, 1.165) is 11.1 Å². The van der Waals surface area contributed by atoms with Crippen LogP contribution in [0, 0.1) is 13.8 Å². The average molecular weight is 261 g/mol. The van der Waals surface area contributed by atoms with Crippen LogP contribution in [0.1, 0.15) is 35.3 Å². The van der Waals surface area contributed by atoms with Crippen molar-refractivity contribution in [1.82, 2.24) is 5.32 Å². The lowest BCUT2D eigenvalue weighted by molar-refractivity contribution is -0.137. The second-order valence-corrected chi connectivity index (χ2v) is 4.33. The molecule has 0 aliphatic heterocycles. The van der Waals surface area contributed by atoms with Gasteiger partial charge in [-0.15, -0.1) is 0 Å². The Balaban J connectivity index is 2.74. The average Bonchev–Trinajstić information content (AvgIpc) is 2.32. The van der Waals surface area contributed by atoms with Crippen molar-refractivity contribution in [3.8, 4) is 0 Å². The van der Waals surface area contributed by atoms with Crippen LogP contribution in [-0.4, -0.2) is 18.5 Å². The minimum Gasteiger partial charge on any atom is -0.463 e. The van der Waals surface area contributed by atoms with Crippen molar-refractivity contribution in [2.75, 3.05) is 6.61 Å². The Kier molecular flexibility index (Phi) is 5.30. The quantitative estimate of drug-likeness (QED) is 0.669. The Morgan fingerprint density at radius 2 is 1.95 bits per heavy atom. The first-order chi connectivity index (χ1) is 8.93. The zero-order valence-electron chi connectivity index (χ0n) is 11.7. The molecule has 102 valence electrons. The van der Waals surface area contributed by atoms with E-state index in [4.69, 9.17) is 4.74 Å². The maximum Gasteiger partial charge on any atom is 0.332 e. The molecule has 0 aliphatic rings. The molecule has 1 N–H and O–H groups in total. The van der Waals surface area contributed by atoms with Crippen molar-refractivity contribution in [3.05, 3.63) is 46.7 Å². The molecule has 0 saturated carbocycles. The van der Waals surface area contributed by atoms with E-state index in [-0.39, 0.29) is 5.91 Å². The Bertz CT molecular complexity index is 518. The zero-order valence-corrected chi connectivity index (χ0v) is 11.7. The third-order valence-corrected chi connectivity index (χ3v) is 2.70. The van der Waals surface area contributed by atoms with Gasteiger partial charge in [0.1, 0.15) is 0 Å². The second-order valence-electron chi connectivity index (χ2n) is 4.33. The van der Waals surface area contributed by atoms with E-state index < -0.39 is 5.97 Å². The minimum atomic E-state index is -0.458. The molecule has 0 unspecified atom stereocenters. The predicted molar refractivity (Wildman–Crippen MR) is 73.8 cm³/mol. The molecule has 1 amide bonds. The van der Waals surface area contributed by atoms with E-state index in [1.807, 2.05) is 26.0 Å². The molecule has 0 fully saturated rings. The molecule has 0 bridgehead atoms. The Hall–Kier alpha value is -2.10. The monoisotopic (exact) mass is 261 g/mol. The molecule has 1 aromatic rings. The molecule has 0 aliphatic carbocycles. The van der Waals surface area contributed by atoms with Crippen molar-refractivity contribution in [2.24, 2.45) is 0 Å². The number of aryl methyl sites for hydroxylation is 2. The summed E-state index contributed by atoms with van der Waals surface area (Å²) in [6, 6.07) is 5.48. The Labute approximate surface area is 113 Å². The lowest BCUT2D eigenvalue weighted by atomic mass is 10.1. The largest absolute Gasteiger partial charge is 0.463 e. The number of hydrogen-bond acceptors (Lipinski definition) is 3. The van der Waals surface area contributed by atoms with Crippen LogP contribution < -0.4 is 5.32 Å². The summed E-state index contributed by atoms with van der Waals surface area (Å²) in [7, 11) is 0. The van der Waals surface area contributed by atoms with E-state index in [1.54, 1.807) is 19.9 Å². The summed E-state index contributed by atoms with van der Waals surface area (Å²) in [6.07, 6.45) is 1.27. The summed E-state index contributed by atoms with van der Waals surface area (Å²) in [5, 5.41) is 2.65. The van der Waals surface area contributed by atoms with Crippen molar-refractivity contribution >= 4 is 11.9 Å². The van der Waals surface area contributed by atoms with Crippen LogP contribution in [0.5, 0.6) is 0 Å². The van der Waals surface area contributed by atoms with Gasteiger partial charge in [-0.1, -0.05) is 6.07 Å². The number of benzene rings is 1. The molecule has 0 saturated heterocycles. The summed E-state index contributed by atoms with van der Waals surface area (Å²) in [4.78, 5) is 23.2. The van der Waals surface area contributed by atoms with E-state index >= 15 is 0 Å². The SMILES string of the molecule is CCOC(=O)C=C(C)NC(=O)c1ccc(C)c(C)c1. The van der Waals surface area contributed by atoms with Crippen LogP contribution >= 0.6 is 0 Å². The first-order valence-corrected chi connectivity index (χ1v) is 6.17. The zero-order chi connectivity index (χ0) is 14.4. The van der Waals surface area contributed by atoms with Crippen molar-refractivity contribution in [2.45, 2.75) is 27.7 Å². The highest BCUT2D eigenvalue weighted by molar-refractivity contribution is 5.96. The summed E-state index contributed by atoms with van der Waals surface area (Å²) >= 11 is 0. The standard InChI is InChI=1S/C15H19NO3/c1-5-19-14(17)9-12(4)16-15(18)13-7-6-10(2)11(3)8-13/h6-9H,5H2,1-4H3,(H,16,18). The smallest absolute Gasteiger partial charge is 0.332 e. The number of carbonyl (C=O) groups is 2. The van der Waals surface area contributed by atoms with Gasteiger partial charge in [0, 0.05) is 17.3 Å². The number of nitrogens with one attached hydrogen (secondary N) is 1. The van der Waals surface area contributed by atoms with Gasteiger partial charge in [-0.2, -0.15) is 0 Å². The molecule has 0 radical (unpaired) electrons. The molecule has 1 aromatic carbocycles. The van der Waals surface area contributed by atoms with E-state index in [0.29, 0.717) is 17.9 Å². The molecule has 0 atom stereocenters. The fourth-order valence-corrected chi connectivity index (χ4v) is 1.53. The molecular formula is C15H19NO3. The summed E-state index contributed by atoms with van der Waals surface area (Å²) in [5.74, 6) is -0.693. The molecule has 0 spiro atoms. The predicted octanol–water partition coefficient (Wildman–Crippen LogP) is 2.50. The number of rotatable bonds is 4. The number of esters is 1. The topological polar surface area (TPSA) is 55.4 Å². The first kappa shape index (κ1) is 15.0. The molecule has 0 aromatic heterocycles. The van der Waals surface area contributed by atoms with Gasteiger partial charge in [0.15, 0.2) is 0 Å². The fourth-order valence-electron chi connectivity index (χ4n) is 1.53. The lowest BCUT2D eigenvalue weighted by Crippen LogP contribution is -2.22. The summed E-state index contributed by atoms with van der Waals surface area (Å²) in [5.41, 5.74) is 3.22.